The zero-order valence-corrected chi connectivity index (χ0v) is 13.7. The molecular formula is C20H17NO4. The van der Waals surface area contributed by atoms with Gasteiger partial charge in [0.25, 0.3) is 0 Å². The molecule has 0 amide bonds. The smallest absolute Gasteiger partial charge is 0.340 e. The average molecular weight is 335 g/mol. The van der Waals surface area contributed by atoms with E-state index in [-0.39, 0.29) is 18.0 Å². The average Bonchev–Trinajstić information content (AvgIpc) is 2.65. The van der Waals surface area contributed by atoms with Gasteiger partial charge in [0.2, 0.25) is 0 Å². The first-order valence-electron chi connectivity index (χ1n) is 7.71. The third-order valence-electron chi connectivity index (χ3n) is 3.88. The molecule has 5 heteroatoms. The molecule has 0 aliphatic carbocycles. The summed E-state index contributed by atoms with van der Waals surface area (Å²) in [6.45, 7) is -0.350. The number of nitrogen functional groups attached to an aromatic ring is 1. The summed E-state index contributed by atoms with van der Waals surface area (Å²) < 4.78 is 10.2. The van der Waals surface area contributed by atoms with E-state index in [1.807, 2.05) is 24.3 Å². The van der Waals surface area contributed by atoms with Gasteiger partial charge >= 0.3 is 5.97 Å². The van der Waals surface area contributed by atoms with Crippen LogP contribution in [0.3, 0.4) is 0 Å². The molecule has 0 aromatic heterocycles. The van der Waals surface area contributed by atoms with Crippen LogP contribution in [0.25, 0.3) is 10.8 Å². The van der Waals surface area contributed by atoms with E-state index in [4.69, 9.17) is 15.2 Å². The van der Waals surface area contributed by atoms with E-state index in [1.54, 1.807) is 43.5 Å². The van der Waals surface area contributed by atoms with E-state index >= 15 is 0 Å². The molecular weight excluding hydrogens is 318 g/mol. The van der Waals surface area contributed by atoms with Gasteiger partial charge in [-0.2, -0.15) is 0 Å². The first-order valence-corrected chi connectivity index (χ1v) is 7.71. The largest absolute Gasteiger partial charge is 0.497 e. The van der Waals surface area contributed by atoms with Crippen molar-refractivity contribution in [3.8, 4) is 5.75 Å². The molecule has 0 saturated carbocycles. The van der Waals surface area contributed by atoms with Gasteiger partial charge in [0.1, 0.15) is 5.75 Å². The number of benzene rings is 3. The number of carbonyl (C=O) groups is 2. The summed E-state index contributed by atoms with van der Waals surface area (Å²) in [5.74, 6) is -0.266. The van der Waals surface area contributed by atoms with Gasteiger partial charge in [0.05, 0.1) is 12.7 Å². The van der Waals surface area contributed by atoms with Gasteiger partial charge in [-0.05, 0) is 47.2 Å². The molecule has 0 atom stereocenters. The van der Waals surface area contributed by atoms with Gasteiger partial charge in [-0.1, -0.05) is 24.3 Å². The topological polar surface area (TPSA) is 78.6 Å². The van der Waals surface area contributed by atoms with Crippen LogP contribution in [-0.2, 0) is 4.74 Å². The lowest BCUT2D eigenvalue weighted by atomic mass is 10.1. The first-order chi connectivity index (χ1) is 12.1. The maximum atomic E-state index is 12.3. The van der Waals surface area contributed by atoms with Crippen LogP contribution in [0.4, 0.5) is 5.69 Å². The Morgan fingerprint density at radius 3 is 2.24 bits per heavy atom. The lowest BCUT2D eigenvalue weighted by Gasteiger charge is -2.09. The fraction of sp³-hybridized carbons (Fsp3) is 0.100. The van der Waals surface area contributed by atoms with Crippen LogP contribution in [0.5, 0.6) is 5.75 Å². The minimum atomic E-state index is -0.620. The van der Waals surface area contributed by atoms with Gasteiger partial charge in [0, 0.05) is 11.3 Å². The van der Waals surface area contributed by atoms with Gasteiger partial charge in [0.15, 0.2) is 12.4 Å². The number of hydrogen-bond acceptors (Lipinski definition) is 5. The molecule has 3 aromatic carbocycles. The minimum absolute atomic E-state index is 0.251. The summed E-state index contributed by atoms with van der Waals surface area (Å²) in [5.41, 5.74) is 6.95. The van der Waals surface area contributed by atoms with Crippen LogP contribution in [0, 0.1) is 0 Å². The second-order valence-corrected chi connectivity index (χ2v) is 5.51. The van der Waals surface area contributed by atoms with Crippen molar-refractivity contribution in [1.29, 1.82) is 0 Å². The van der Waals surface area contributed by atoms with E-state index in [9.17, 15) is 9.59 Å². The first kappa shape index (κ1) is 16.5. The summed E-state index contributed by atoms with van der Waals surface area (Å²) >= 11 is 0. The van der Waals surface area contributed by atoms with E-state index in [2.05, 4.69) is 0 Å². The van der Waals surface area contributed by atoms with Crippen molar-refractivity contribution >= 4 is 28.2 Å². The van der Waals surface area contributed by atoms with Crippen molar-refractivity contribution in [3.05, 3.63) is 71.8 Å². The highest BCUT2D eigenvalue weighted by molar-refractivity contribution is 6.03. The molecule has 3 rings (SSSR count). The van der Waals surface area contributed by atoms with Crippen molar-refractivity contribution < 1.29 is 19.1 Å². The minimum Gasteiger partial charge on any atom is -0.497 e. The van der Waals surface area contributed by atoms with Crippen molar-refractivity contribution in [3.63, 3.8) is 0 Å². The summed E-state index contributed by atoms with van der Waals surface area (Å²) in [7, 11) is 1.55. The van der Waals surface area contributed by atoms with Gasteiger partial charge < -0.3 is 15.2 Å². The molecule has 3 aromatic rings. The molecule has 0 radical (unpaired) electrons. The number of carbonyl (C=O) groups excluding carboxylic acids is 2. The molecule has 0 saturated heterocycles. The molecule has 0 spiro atoms. The summed E-state index contributed by atoms with van der Waals surface area (Å²) in [6, 6.07) is 17.6. The van der Waals surface area contributed by atoms with Crippen molar-refractivity contribution in [2.24, 2.45) is 0 Å². The molecule has 0 heterocycles. The number of nitrogens with two attached hydrogens (primary N) is 1. The quantitative estimate of drug-likeness (QED) is 0.439. The number of Topliss-reactive ketones (excluding diaryl/α,β-unsaturated/α-hetero) is 1. The van der Waals surface area contributed by atoms with Crippen molar-refractivity contribution in [1.82, 2.24) is 0 Å². The van der Waals surface area contributed by atoms with Crippen LogP contribution in [0.15, 0.2) is 60.7 Å². The number of hydrogen-bond donors (Lipinski definition) is 1. The van der Waals surface area contributed by atoms with E-state index in [0.717, 1.165) is 10.8 Å². The van der Waals surface area contributed by atoms with E-state index in [0.29, 0.717) is 17.0 Å². The zero-order valence-electron chi connectivity index (χ0n) is 13.7. The summed E-state index contributed by atoms with van der Waals surface area (Å²) in [6.07, 6.45) is 0. The number of ketones is 1. The molecule has 25 heavy (non-hydrogen) atoms. The maximum absolute atomic E-state index is 12.3. The Morgan fingerprint density at radius 1 is 0.960 bits per heavy atom. The Hall–Kier alpha value is -3.34. The second kappa shape index (κ2) is 7.05. The predicted molar refractivity (Wildman–Crippen MR) is 96.0 cm³/mol. The highest BCUT2D eigenvalue weighted by Crippen LogP contribution is 2.22. The monoisotopic (exact) mass is 335 g/mol. The number of anilines is 1. The van der Waals surface area contributed by atoms with Crippen LogP contribution < -0.4 is 10.5 Å². The van der Waals surface area contributed by atoms with Crippen LogP contribution in [-0.4, -0.2) is 25.5 Å². The number of esters is 1. The molecule has 2 N–H and O–H groups in total. The zero-order chi connectivity index (χ0) is 17.8. The van der Waals surface area contributed by atoms with Crippen molar-refractivity contribution in [2.45, 2.75) is 0 Å². The SMILES string of the molecule is COc1ccc(C(=O)COC(=O)c2cc3ccccc3cc2N)cc1. The van der Waals surface area contributed by atoms with Gasteiger partial charge in [-0.15, -0.1) is 0 Å². The van der Waals surface area contributed by atoms with Crippen LogP contribution >= 0.6 is 0 Å². The Balaban J connectivity index is 1.71. The normalized spacial score (nSPS) is 10.4. The molecule has 0 unspecified atom stereocenters. The lowest BCUT2D eigenvalue weighted by Crippen LogP contribution is -2.15. The number of ether oxygens (including phenoxy) is 2. The third-order valence-corrected chi connectivity index (χ3v) is 3.88. The van der Waals surface area contributed by atoms with Crippen LogP contribution in [0.2, 0.25) is 0 Å². The number of rotatable bonds is 5. The van der Waals surface area contributed by atoms with E-state index < -0.39 is 5.97 Å². The molecule has 5 nitrogen and oxygen atoms in total. The fourth-order valence-electron chi connectivity index (χ4n) is 2.50. The standard InChI is InChI=1S/C20H17NO4/c1-24-16-8-6-13(7-9-16)19(22)12-25-20(23)17-10-14-4-2-3-5-15(14)11-18(17)21/h2-11H,12,21H2,1H3. The maximum Gasteiger partial charge on any atom is 0.340 e. The third kappa shape index (κ3) is 3.61. The van der Waals surface area contributed by atoms with Crippen molar-refractivity contribution in [2.75, 3.05) is 19.5 Å². The van der Waals surface area contributed by atoms with E-state index in [1.165, 1.54) is 0 Å². The summed E-state index contributed by atoms with van der Waals surface area (Å²) in [4.78, 5) is 24.4. The molecule has 0 fully saturated rings. The second-order valence-electron chi connectivity index (χ2n) is 5.51. The molecule has 126 valence electrons. The lowest BCUT2D eigenvalue weighted by molar-refractivity contribution is 0.0476. The fourth-order valence-corrected chi connectivity index (χ4v) is 2.50. The molecule has 0 aliphatic heterocycles. The molecule has 0 aliphatic rings. The Kier molecular flexibility index (Phi) is 4.66. The predicted octanol–water partition coefficient (Wildman–Crippen LogP) is 3.47. The highest BCUT2D eigenvalue weighted by Gasteiger charge is 2.15. The number of methoxy groups -OCH3 is 1. The highest BCUT2D eigenvalue weighted by atomic mass is 16.5. The Bertz CT molecular complexity index is 932. The summed E-state index contributed by atoms with van der Waals surface area (Å²) in [5, 5.41) is 1.82. The molecule has 0 bridgehead atoms. The Morgan fingerprint density at radius 2 is 1.60 bits per heavy atom. The van der Waals surface area contributed by atoms with Crippen LogP contribution in [0.1, 0.15) is 20.7 Å². The van der Waals surface area contributed by atoms with Gasteiger partial charge in [-0.25, -0.2) is 4.79 Å². The Labute approximate surface area is 145 Å². The van der Waals surface area contributed by atoms with Gasteiger partial charge in [-0.3, -0.25) is 4.79 Å². The number of fused-ring (bicyclic) bond motifs is 1.